The van der Waals surface area contributed by atoms with E-state index in [4.69, 9.17) is 4.98 Å². The van der Waals surface area contributed by atoms with Crippen LogP contribution >= 0.6 is 0 Å². The van der Waals surface area contributed by atoms with Crippen LogP contribution in [-0.4, -0.2) is 21.1 Å². The molecule has 4 rings (SSSR count). The second-order valence-corrected chi connectivity index (χ2v) is 6.00. The predicted molar refractivity (Wildman–Crippen MR) is 77.4 cm³/mol. The maximum Gasteiger partial charge on any atom is 0.0955 e. The molecule has 4 heteroatoms. The zero-order valence-electron chi connectivity index (χ0n) is 11.7. The molecule has 20 heavy (non-hydrogen) atoms. The number of pyridine rings is 1. The van der Waals surface area contributed by atoms with Crippen molar-refractivity contribution in [1.82, 2.24) is 19.9 Å². The number of hydrogen-bond donors (Lipinski definition) is 1. The molecule has 0 aromatic carbocycles. The van der Waals surface area contributed by atoms with E-state index in [-0.39, 0.29) is 5.54 Å². The fourth-order valence-corrected chi connectivity index (χ4v) is 3.79. The van der Waals surface area contributed by atoms with Crippen LogP contribution in [0, 0.1) is 0 Å². The van der Waals surface area contributed by atoms with Crippen LogP contribution in [0.1, 0.15) is 42.6 Å². The second kappa shape index (κ2) is 4.70. The lowest BCUT2D eigenvalue weighted by Crippen LogP contribution is -2.45. The van der Waals surface area contributed by atoms with Gasteiger partial charge >= 0.3 is 0 Å². The highest BCUT2D eigenvalue weighted by Gasteiger charge is 2.41. The van der Waals surface area contributed by atoms with E-state index in [0.717, 1.165) is 19.5 Å². The fourth-order valence-electron chi connectivity index (χ4n) is 3.79. The van der Waals surface area contributed by atoms with Gasteiger partial charge in [0.1, 0.15) is 0 Å². The smallest absolute Gasteiger partial charge is 0.0955 e. The van der Waals surface area contributed by atoms with E-state index in [1.807, 2.05) is 24.8 Å². The minimum atomic E-state index is 0.174. The molecule has 1 spiro atoms. The maximum atomic E-state index is 4.77. The molecule has 1 fully saturated rings. The number of fused-ring (bicyclic) bond motifs is 2. The van der Waals surface area contributed by atoms with Gasteiger partial charge < -0.3 is 9.88 Å². The molecule has 0 radical (unpaired) electrons. The summed E-state index contributed by atoms with van der Waals surface area (Å²) < 4.78 is 2.31. The van der Waals surface area contributed by atoms with Gasteiger partial charge in [-0.25, -0.2) is 4.98 Å². The summed E-state index contributed by atoms with van der Waals surface area (Å²) in [4.78, 5) is 8.97. The molecule has 0 unspecified atom stereocenters. The Bertz CT molecular complexity index is 596. The lowest BCUT2D eigenvalue weighted by Gasteiger charge is -2.34. The van der Waals surface area contributed by atoms with E-state index >= 15 is 0 Å². The van der Waals surface area contributed by atoms with E-state index in [1.54, 1.807) is 0 Å². The van der Waals surface area contributed by atoms with Crippen LogP contribution < -0.4 is 5.32 Å². The van der Waals surface area contributed by atoms with Crippen molar-refractivity contribution in [1.29, 1.82) is 0 Å². The van der Waals surface area contributed by atoms with Gasteiger partial charge in [0.2, 0.25) is 0 Å². The van der Waals surface area contributed by atoms with E-state index in [9.17, 15) is 0 Å². The third-order valence-electron chi connectivity index (χ3n) is 4.76. The number of nitrogens with one attached hydrogen (secondary N) is 1. The predicted octanol–water partition coefficient (Wildman–Crippen LogP) is 2.24. The summed E-state index contributed by atoms with van der Waals surface area (Å²) in [6.45, 7) is 1.96. The third-order valence-corrected chi connectivity index (χ3v) is 4.76. The first kappa shape index (κ1) is 12.1. The fraction of sp³-hybridized carbons (Fsp3) is 0.500. The van der Waals surface area contributed by atoms with Crippen molar-refractivity contribution >= 4 is 0 Å². The average molecular weight is 268 g/mol. The standard InChI is InChI=1S/C16H20N4/c1-2-7-16(6-1)15-14(5-9-19-16)20(12-18-15)11-13-4-3-8-17-10-13/h3-4,8,10,12,19H,1-2,5-7,9,11H2. The first-order valence-electron chi connectivity index (χ1n) is 7.56. The lowest BCUT2D eigenvalue weighted by molar-refractivity contribution is 0.312. The molecule has 0 bridgehead atoms. The van der Waals surface area contributed by atoms with Crippen LogP contribution in [-0.2, 0) is 18.5 Å². The van der Waals surface area contributed by atoms with Crippen LogP contribution in [0.2, 0.25) is 0 Å². The minimum Gasteiger partial charge on any atom is -0.330 e. The third kappa shape index (κ3) is 1.86. The normalized spacial score (nSPS) is 20.2. The van der Waals surface area contributed by atoms with Gasteiger partial charge in [-0.2, -0.15) is 0 Å². The molecule has 0 atom stereocenters. The molecule has 3 heterocycles. The van der Waals surface area contributed by atoms with Crippen LogP contribution in [0.3, 0.4) is 0 Å². The van der Waals surface area contributed by atoms with Gasteiger partial charge in [-0.05, 0) is 24.5 Å². The molecule has 1 aliphatic carbocycles. The van der Waals surface area contributed by atoms with Crippen molar-refractivity contribution in [2.24, 2.45) is 0 Å². The van der Waals surface area contributed by atoms with Crippen molar-refractivity contribution in [3.8, 4) is 0 Å². The van der Waals surface area contributed by atoms with Gasteiger partial charge in [-0.3, -0.25) is 4.98 Å². The zero-order chi connectivity index (χ0) is 13.4. The quantitative estimate of drug-likeness (QED) is 0.908. The number of nitrogens with zero attached hydrogens (tertiary/aromatic N) is 3. The molecule has 1 aliphatic heterocycles. The van der Waals surface area contributed by atoms with Gasteiger partial charge in [0.15, 0.2) is 0 Å². The van der Waals surface area contributed by atoms with Crippen molar-refractivity contribution in [2.75, 3.05) is 6.54 Å². The number of rotatable bonds is 2. The molecular weight excluding hydrogens is 248 g/mol. The second-order valence-electron chi connectivity index (χ2n) is 6.00. The summed E-state index contributed by atoms with van der Waals surface area (Å²) in [5.74, 6) is 0. The molecular formula is C16H20N4. The monoisotopic (exact) mass is 268 g/mol. The van der Waals surface area contributed by atoms with Crippen LogP contribution in [0.5, 0.6) is 0 Å². The summed E-state index contributed by atoms with van der Waals surface area (Å²) in [6.07, 6.45) is 12.0. The van der Waals surface area contributed by atoms with Gasteiger partial charge in [0.05, 0.1) is 24.1 Å². The molecule has 2 aromatic rings. The van der Waals surface area contributed by atoms with E-state index in [0.29, 0.717) is 0 Å². The van der Waals surface area contributed by atoms with Crippen molar-refractivity contribution in [2.45, 2.75) is 44.2 Å². The average Bonchev–Trinajstić information content (AvgIpc) is 3.10. The van der Waals surface area contributed by atoms with Crippen LogP contribution in [0.25, 0.3) is 0 Å². The van der Waals surface area contributed by atoms with E-state index < -0.39 is 0 Å². The van der Waals surface area contributed by atoms with Gasteiger partial charge in [-0.15, -0.1) is 0 Å². The van der Waals surface area contributed by atoms with Crippen molar-refractivity contribution < 1.29 is 0 Å². The molecule has 0 amide bonds. The Kier molecular flexibility index (Phi) is 2.84. The molecule has 104 valence electrons. The van der Waals surface area contributed by atoms with Crippen LogP contribution in [0.15, 0.2) is 30.9 Å². The van der Waals surface area contributed by atoms with E-state index in [1.165, 1.54) is 42.6 Å². The van der Waals surface area contributed by atoms with E-state index in [2.05, 4.69) is 20.9 Å². The molecule has 4 nitrogen and oxygen atoms in total. The molecule has 2 aliphatic rings. The highest BCUT2D eigenvalue weighted by Crippen LogP contribution is 2.41. The molecule has 2 aromatic heterocycles. The highest BCUT2D eigenvalue weighted by atomic mass is 15.1. The topological polar surface area (TPSA) is 42.7 Å². The summed E-state index contributed by atoms with van der Waals surface area (Å²) in [5, 5.41) is 3.74. The van der Waals surface area contributed by atoms with Gasteiger partial charge in [-0.1, -0.05) is 18.9 Å². The lowest BCUT2D eigenvalue weighted by atomic mass is 9.88. The molecule has 0 saturated heterocycles. The number of aromatic nitrogens is 3. The maximum absolute atomic E-state index is 4.77. The Balaban J connectivity index is 1.69. The minimum absolute atomic E-state index is 0.174. The first-order valence-corrected chi connectivity index (χ1v) is 7.56. The highest BCUT2D eigenvalue weighted by molar-refractivity contribution is 5.28. The zero-order valence-corrected chi connectivity index (χ0v) is 11.7. The Morgan fingerprint density at radius 3 is 3.00 bits per heavy atom. The Morgan fingerprint density at radius 2 is 2.20 bits per heavy atom. The van der Waals surface area contributed by atoms with Gasteiger partial charge in [0.25, 0.3) is 0 Å². The summed E-state index contributed by atoms with van der Waals surface area (Å²) in [6, 6.07) is 4.13. The molecule has 1 N–H and O–H groups in total. The largest absolute Gasteiger partial charge is 0.330 e. The Hall–Kier alpha value is -1.68. The Morgan fingerprint density at radius 1 is 1.30 bits per heavy atom. The van der Waals surface area contributed by atoms with Gasteiger partial charge in [0, 0.05) is 31.1 Å². The van der Waals surface area contributed by atoms with Crippen molar-refractivity contribution in [3.63, 3.8) is 0 Å². The Labute approximate surface area is 119 Å². The molecule has 1 saturated carbocycles. The summed E-state index contributed by atoms with van der Waals surface area (Å²) in [7, 11) is 0. The first-order chi connectivity index (χ1) is 9.87. The SMILES string of the molecule is c1cncc(Cn2cnc3c2CCNC32CCCC2)c1. The number of imidazole rings is 1. The number of hydrogen-bond acceptors (Lipinski definition) is 3. The van der Waals surface area contributed by atoms with Crippen LogP contribution in [0.4, 0.5) is 0 Å². The van der Waals surface area contributed by atoms with Crippen molar-refractivity contribution in [3.05, 3.63) is 47.8 Å². The summed E-state index contributed by atoms with van der Waals surface area (Å²) >= 11 is 0. The summed E-state index contributed by atoms with van der Waals surface area (Å²) in [5.41, 5.74) is 4.15.